The molecular weight excluding hydrogens is 189 g/mol. The van der Waals surface area contributed by atoms with Crippen LogP contribution >= 0.6 is 0 Å². The lowest BCUT2D eigenvalue weighted by molar-refractivity contribution is 0.551. The molecular formula is C13H18FN. The van der Waals surface area contributed by atoms with Gasteiger partial charge < -0.3 is 5.73 Å². The molecule has 0 aliphatic heterocycles. The largest absolute Gasteiger partial charge is 0.330 e. The summed E-state index contributed by atoms with van der Waals surface area (Å²) in [5.74, 6) is 0.641. The number of halogens is 1. The van der Waals surface area contributed by atoms with Crippen molar-refractivity contribution in [3.63, 3.8) is 0 Å². The monoisotopic (exact) mass is 207 g/mol. The third-order valence-electron chi connectivity index (χ3n) is 3.80. The average molecular weight is 207 g/mol. The van der Waals surface area contributed by atoms with E-state index in [1.807, 2.05) is 19.1 Å². The minimum absolute atomic E-state index is 0.0796. The van der Waals surface area contributed by atoms with E-state index in [1.165, 1.54) is 0 Å². The van der Waals surface area contributed by atoms with E-state index in [0.717, 1.165) is 11.1 Å². The van der Waals surface area contributed by atoms with Gasteiger partial charge in [-0.15, -0.1) is 0 Å². The van der Waals surface area contributed by atoms with Crippen LogP contribution in [0, 0.1) is 24.1 Å². The predicted octanol–water partition coefficient (Wildman–Crippen LogP) is 2.83. The molecule has 0 bridgehead atoms. The molecule has 0 aromatic heterocycles. The Balaban J connectivity index is 2.33. The molecule has 1 aromatic carbocycles. The summed E-state index contributed by atoms with van der Waals surface area (Å²) >= 11 is 0. The second kappa shape index (κ2) is 3.31. The molecule has 1 aliphatic carbocycles. The van der Waals surface area contributed by atoms with Gasteiger partial charge in [0, 0.05) is 0 Å². The number of rotatable bonds is 2. The SMILES string of the molecule is Cc1ccc([C@@H]2[C@@H](CN)C2(C)C)c(F)c1. The van der Waals surface area contributed by atoms with Crippen molar-refractivity contribution in [2.45, 2.75) is 26.7 Å². The molecule has 1 aromatic rings. The standard InChI is InChI=1S/C13H18FN/c1-8-4-5-9(11(14)6-8)12-10(7-15)13(12,2)3/h4-6,10,12H,7,15H2,1-3H3/t10-,12-/m1/s1. The van der Waals surface area contributed by atoms with Gasteiger partial charge in [0.15, 0.2) is 0 Å². The normalized spacial score (nSPS) is 27.8. The van der Waals surface area contributed by atoms with Crippen molar-refractivity contribution >= 4 is 0 Å². The molecule has 0 amide bonds. The smallest absolute Gasteiger partial charge is 0.126 e. The Kier molecular flexibility index (Phi) is 2.34. The molecule has 1 saturated carbocycles. The van der Waals surface area contributed by atoms with Crippen molar-refractivity contribution < 1.29 is 4.39 Å². The summed E-state index contributed by atoms with van der Waals surface area (Å²) in [5.41, 5.74) is 7.66. The van der Waals surface area contributed by atoms with Crippen molar-refractivity contribution in [2.75, 3.05) is 6.54 Å². The van der Waals surface area contributed by atoms with Gasteiger partial charge in [-0.1, -0.05) is 26.0 Å². The van der Waals surface area contributed by atoms with Crippen LogP contribution in [-0.4, -0.2) is 6.54 Å². The van der Waals surface area contributed by atoms with Crippen molar-refractivity contribution in [3.8, 4) is 0 Å². The van der Waals surface area contributed by atoms with Crippen LogP contribution in [-0.2, 0) is 0 Å². The van der Waals surface area contributed by atoms with Gasteiger partial charge in [-0.25, -0.2) is 4.39 Å². The van der Waals surface area contributed by atoms with E-state index in [2.05, 4.69) is 13.8 Å². The molecule has 0 saturated heterocycles. The maximum atomic E-state index is 13.8. The molecule has 1 fully saturated rings. The molecule has 1 aliphatic rings. The second-order valence-electron chi connectivity index (χ2n) is 5.17. The minimum atomic E-state index is -0.0796. The van der Waals surface area contributed by atoms with Crippen molar-refractivity contribution in [3.05, 3.63) is 35.1 Å². The van der Waals surface area contributed by atoms with Crippen LogP contribution in [0.15, 0.2) is 18.2 Å². The van der Waals surface area contributed by atoms with E-state index in [0.29, 0.717) is 18.4 Å². The van der Waals surface area contributed by atoms with E-state index in [-0.39, 0.29) is 11.2 Å². The first-order chi connectivity index (χ1) is 6.98. The van der Waals surface area contributed by atoms with Crippen LogP contribution in [0.25, 0.3) is 0 Å². The fraction of sp³-hybridized carbons (Fsp3) is 0.538. The van der Waals surface area contributed by atoms with Gasteiger partial charge in [-0.2, -0.15) is 0 Å². The van der Waals surface area contributed by atoms with Gasteiger partial charge >= 0.3 is 0 Å². The molecule has 2 N–H and O–H groups in total. The Morgan fingerprint density at radius 1 is 1.40 bits per heavy atom. The number of hydrogen-bond acceptors (Lipinski definition) is 1. The molecule has 1 nitrogen and oxygen atoms in total. The fourth-order valence-corrected chi connectivity index (χ4v) is 2.69. The Morgan fingerprint density at radius 2 is 2.07 bits per heavy atom. The Bertz CT molecular complexity index is 384. The highest BCUT2D eigenvalue weighted by atomic mass is 19.1. The lowest BCUT2D eigenvalue weighted by atomic mass is 10.0. The summed E-state index contributed by atoms with van der Waals surface area (Å²) in [6.45, 7) is 6.87. The second-order valence-corrected chi connectivity index (χ2v) is 5.17. The Labute approximate surface area is 90.5 Å². The molecule has 0 unspecified atom stereocenters. The maximum Gasteiger partial charge on any atom is 0.126 e. The van der Waals surface area contributed by atoms with Gasteiger partial charge in [-0.05, 0) is 47.9 Å². The Morgan fingerprint density at radius 3 is 2.53 bits per heavy atom. The van der Waals surface area contributed by atoms with Gasteiger partial charge in [0.25, 0.3) is 0 Å². The summed E-state index contributed by atoms with van der Waals surface area (Å²) in [6.07, 6.45) is 0. The number of benzene rings is 1. The number of aryl methyl sites for hydroxylation is 1. The van der Waals surface area contributed by atoms with E-state index in [9.17, 15) is 4.39 Å². The lowest BCUT2D eigenvalue weighted by Crippen LogP contribution is -2.05. The van der Waals surface area contributed by atoms with Gasteiger partial charge in [-0.3, -0.25) is 0 Å². The Hall–Kier alpha value is -0.890. The zero-order chi connectivity index (χ0) is 11.2. The van der Waals surface area contributed by atoms with Gasteiger partial charge in [0.05, 0.1) is 0 Å². The first-order valence-corrected chi connectivity index (χ1v) is 5.44. The number of nitrogens with two attached hydrogens (primary N) is 1. The molecule has 82 valence electrons. The molecule has 2 heteroatoms. The van der Waals surface area contributed by atoms with E-state index >= 15 is 0 Å². The first-order valence-electron chi connectivity index (χ1n) is 5.44. The third-order valence-corrected chi connectivity index (χ3v) is 3.80. The topological polar surface area (TPSA) is 26.0 Å². The van der Waals surface area contributed by atoms with Crippen LogP contribution in [0.4, 0.5) is 4.39 Å². The van der Waals surface area contributed by atoms with Gasteiger partial charge in [0.2, 0.25) is 0 Å². The summed E-state index contributed by atoms with van der Waals surface area (Å²) in [7, 11) is 0. The summed E-state index contributed by atoms with van der Waals surface area (Å²) in [5, 5.41) is 0. The average Bonchev–Trinajstić information content (AvgIpc) is 2.68. The maximum absolute atomic E-state index is 13.8. The molecule has 0 spiro atoms. The van der Waals surface area contributed by atoms with Gasteiger partial charge in [0.1, 0.15) is 5.82 Å². The highest BCUT2D eigenvalue weighted by Gasteiger charge is 2.57. The van der Waals surface area contributed by atoms with Crippen molar-refractivity contribution in [1.29, 1.82) is 0 Å². The first kappa shape index (κ1) is 10.6. The fourth-order valence-electron chi connectivity index (χ4n) is 2.69. The highest BCUT2D eigenvalue weighted by Crippen LogP contribution is 2.64. The highest BCUT2D eigenvalue weighted by molar-refractivity contribution is 5.35. The van der Waals surface area contributed by atoms with E-state index in [1.54, 1.807) is 6.07 Å². The predicted molar refractivity (Wildman–Crippen MR) is 60.2 cm³/mol. The van der Waals surface area contributed by atoms with Crippen LogP contribution in [0.1, 0.15) is 30.9 Å². The molecule has 15 heavy (non-hydrogen) atoms. The number of hydrogen-bond donors (Lipinski definition) is 1. The zero-order valence-corrected chi connectivity index (χ0v) is 9.55. The lowest BCUT2D eigenvalue weighted by Gasteiger charge is -2.05. The summed E-state index contributed by atoms with van der Waals surface area (Å²) in [4.78, 5) is 0. The minimum Gasteiger partial charge on any atom is -0.330 e. The summed E-state index contributed by atoms with van der Waals surface area (Å²) in [6, 6.07) is 5.49. The summed E-state index contributed by atoms with van der Waals surface area (Å²) < 4.78 is 13.8. The van der Waals surface area contributed by atoms with Crippen LogP contribution in [0.3, 0.4) is 0 Å². The zero-order valence-electron chi connectivity index (χ0n) is 9.55. The molecule has 2 atom stereocenters. The van der Waals surface area contributed by atoms with Crippen molar-refractivity contribution in [1.82, 2.24) is 0 Å². The molecule has 0 heterocycles. The van der Waals surface area contributed by atoms with E-state index in [4.69, 9.17) is 5.73 Å². The van der Waals surface area contributed by atoms with E-state index < -0.39 is 0 Å². The molecule has 0 radical (unpaired) electrons. The van der Waals surface area contributed by atoms with Crippen molar-refractivity contribution in [2.24, 2.45) is 17.1 Å². The quantitative estimate of drug-likeness (QED) is 0.793. The molecule has 2 rings (SSSR count). The van der Waals surface area contributed by atoms with Crippen LogP contribution in [0.2, 0.25) is 0 Å². The van der Waals surface area contributed by atoms with Crippen LogP contribution in [0.5, 0.6) is 0 Å². The third kappa shape index (κ3) is 1.57. The van der Waals surface area contributed by atoms with Crippen LogP contribution < -0.4 is 5.73 Å².